The zero-order valence-electron chi connectivity index (χ0n) is 20.8. The molecule has 1 aromatic carbocycles. The summed E-state index contributed by atoms with van der Waals surface area (Å²) in [6.45, 7) is 7.46. The number of β-amino-alcohol motifs (C(OH)–C–C–N with tert-alkyl or cyclic N) is 1. The van der Waals surface area contributed by atoms with Gasteiger partial charge >= 0.3 is 0 Å². The molecular weight excluding hydrogens is 506 g/mol. The van der Waals surface area contributed by atoms with E-state index in [1.54, 1.807) is 21.6 Å². The maximum absolute atomic E-state index is 13.8. The predicted molar refractivity (Wildman–Crippen MR) is 152 cm³/mol. The first-order valence-corrected chi connectivity index (χ1v) is 13.5. The Morgan fingerprint density at radius 1 is 1.11 bits per heavy atom. The summed E-state index contributed by atoms with van der Waals surface area (Å²) in [6.07, 6.45) is 3.43. The van der Waals surface area contributed by atoms with Crippen molar-refractivity contribution in [1.29, 1.82) is 0 Å². The Hall–Kier alpha value is -3.05. The molecule has 0 aliphatic carbocycles. The topological polar surface area (TPSA) is 81.4 Å². The lowest BCUT2D eigenvalue weighted by molar-refractivity contribution is -0.123. The van der Waals surface area contributed by atoms with Crippen LogP contribution in [0.5, 0.6) is 0 Å². The van der Waals surface area contributed by atoms with E-state index < -0.39 is 0 Å². The largest absolute Gasteiger partial charge is 0.395 e. The standard InChI is InChI=1S/C27H29N5O3S2/c1-18-8-9-23-28-24(30-12-10-29(11-13-30)14-15-33)21(25(34)31(23)17-18)16-22-26(35)32(27(36)37-22)19(2)20-6-4-3-5-7-20/h3-9,16-17,19,33H,10-15H2,1-2H3. The second-order valence-corrected chi connectivity index (χ2v) is 11.0. The number of nitrogens with zero attached hydrogens (tertiary/aromatic N) is 5. The molecule has 2 aliphatic rings. The van der Waals surface area contributed by atoms with Gasteiger partial charge in [0, 0.05) is 38.9 Å². The van der Waals surface area contributed by atoms with Gasteiger partial charge in [-0.05, 0) is 37.1 Å². The second-order valence-electron chi connectivity index (χ2n) is 9.28. The molecule has 0 bridgehead atoms. The zero-order valence-corrected chi connectivity index (χ0v) is 22.5. The summed E-state index contributed by atoms with van der Waals surface area (Å²) in [5, 5.41) is 9.29. The summed E-state index contributed by atoms with van der Waals surface area (Å²) in [4.78, 5) is 38.5. The fraction of sp³-hybridized carbons (Fsp3) is 0.333. The van der Waals surface area contributed by atoms with Crippen LogP contribution in [0.2, 0.25) is 0 Å². The molecule has 3 aromatic rings. The van der Waals surface area contributed by atoms with Crippen molar-refractivity contribution in [1.82, 2.24) is 19.2 Å². The minimum atomic E-state index is -0.225. The second kappa shape index (κ2) is 10.7. The molecule has 192 valence electrons. The molecule has 0 spiro atoms. The zero-order chi connectivity index (χ0) is 26.1. The SMILES string of the molecule is Cc1ccc2nc(N3CCN(CCO)CC3)c(C=C3SC(=S)N(C(C)c4ccccc4)C3=O)c(=O)n2c1. The van der Waals surface area contributed by atoms with Gasteiger partial charge in [0.25, 0.3) is 11.5 Å². The van der Waals surface area contributed by atoms with Gasteiger partial charge in [0.15, 0.2) is 0 Å². The molecule has 37 heavy (non-hydrogen) atoms. The Labute approximate surface area is 225 Å². The number of aryl methyl sites for hydroxylation is 1. The van der Waals surface area contributed by atoms with Gasteiger partial charge in [0.1, 0.15) is 15.8 Å². The molecule has 10 heteroatoms. The number of benzene rings is 1. The van der Waals surface area contributed by atoms with Crippen LogP contribution in [-0.2, 0) is 4.79 Å². The normalized spacial score (nSPS) is 18.8. The van der Waals surface area contributed by atoms with E-state index in [0.717, 1.165) is 24.2 Å². The van der Waals surface area contributed by atoms with Crippen molar-refractivity contribution in [3.63, 3.8) is 0 Å². The van der Waals surface area contributed by atoms with Crippen LogP contribution in [0.3, 0.4) is 0 Å². The third-order valence-electron chi connectivity index (χ3n) is 6.84. The minimum Gasteiger partial charge on any atom is -0.395 e. The number of thioether (sulfide) groups is 1. The minimum absolute atomic E-state index is 0.115. The van der Waals surface area contributed by atoms with E-state index in [4.69, 9.17) is 17.2 Å². The van der Waals surface area contributed by atoms with Gasteiger partial charge in [-0.3, -0.25) is 23.8 Å². The van der Waals surface area contributed by atoms with Crippen LogP contribution in [0.1, 0.15) is 29.7 Å². The number of anilines is 1. The van der Waals surface area contributed by atoms with Crippen LogP contribution < -0.4 is 10.5 Å². The Kier molecular flexibility index (Phi) is 7.43. The number of aliphatic hydroxyl groups excluding tert-OH is 1. The number of hydrogen-bond donors (Lipinski definition) is 1. The van der Waals surface area contributed by atoms with Crippen LogP contribution in [0.15, 0.2) is 58.4 Å². The number of amides is 1. The maximum atomic E-state index is 13.8. The first kappa shape index (κ1) is 25.6. The highest BCUT2D eigenvalue weighted by molar-refractivity contribution is 8.26. The molecule has 4 heterocycles. The summed E-state index contributed by atoms with van der Waals surface area (Å²) in [5.74, 6) is 0.359. The molecule has 0 radical (unpaired) electrons. The number of thiocarbonyl (C=S) groups is 1. The monoisotopic (exact) mass is 535 g/mol. The van der Waals surface area contributed by atoms with Crippen molar-refractivity contribution in [3.8, 4) is 0 Å². The van der Waals surface area contributed by atoms with Gasteiger partial charge in [0.05, 0.1) is 23.1 Å². The molecule has 0 saturated carbocycles. The van der Waals surface area contributed by atoms with Crippen LogP contribution in [0.25, 0.3) is 11.7 Å². The van der Waals surface area contributed by atoms with Crippen molar-refractivity contribution < 1.29 is 9.90 Å². The number of fused-ring (bicyclic) bond motifs is 1. The van der Waals surface area contributed by atoms with E-state index in [2.05, 4.69) is 9.80 Å². The fourth-order valence-electron chi connectivity index (χ4n) is 4.76. The van der Waals surface area contributed by atoms with Crippen molar-refractivity contribution in [3.05, 3.63) is 80.6 Å². The molecule has 1 unspecified atom stereocenters. The number of carbonyl (C=O) groups excluding carboxylic acids is 1. The van der Waals surface area contributed by atoms with E-state index in [9.17, 15) is 14.7 Å². The number of rotatable bonds is 6. The van der Waals surface area contributed by atoms with Gasteiger partial charge < -0.3 is 10.0 Å². The predicted octanol–water partition coefficient (Wildman–Crippen LogP) is 3.08. The quantitative estimate of drug-likeness (QED) is 0.381. The number of aliphatic hydroxyl groups is 1. The van der Waals surface area contributed by atoms with Crippen molar-refractivity contribution in [2.75, 3.05) is 44.2 Å². The Morgan fingerprint density at radius 2 is 1.84 bits per heavy atom. The summed E-state index contributed by atoms with van der Waals surface area (Å²) >= 11 is 6.82. The Bertz CT molecular complexity index is 1430. The molecule has 2 fully saturated rings. The number of carbonyl (C=O) groups is 1. The lowest BCUT2D eigenvalue weighted by Crippen LogP contribution is -2.48. The Morgan fingerprint density at radius 3 is 2.54 bits per heavy atom. The summed E-state index contributed by atoms with van der Waals surface area (Å²) in [5.41, 5.74) is 2.65. The van der Waals surface area contributed by atoms with Crippen molar-refractivity contribution >= 4 is 51.7 Å². The lowest BCUT2D eigenvalue weighted by atomic mass is 10.1. The van der Waals surface area contributed by atoms with Gasteiger partial charge in [-0.25, -0.2) is 4.98 Å². The van der Waals surface area contributed by atoms with Crippen LogP contribution in [0.4, 0.5) is 5.82 Å². The first-order valence-electron chi connectivity index (χ1n) is 12.3. The molecule has 2 aliphatic heterocycles. The summed E-state index contributed by atoms with van der Waals surface area (Å²) < 4.78 is 2.01. The average molecular weight is 536 g/mol. The Balaban J connectivity index is 1.55. The molecule has 5 rings (SSSR count). The number of piperazine rings is 1. The molecule has 1 amide bonds. The third kappa shape index (κ3) is 5.06. The van der Waals surface area contributed by atoms with E-state index >= 15 is 0 Å². The van der Waals surface area contributed by atoms with Crippen molar-refractivity contribution in [2.24, 2.45) is 0 Å². The highest BCUT2D eigenvalue weighted by Crippen LogP contribution is 2.38. The van der Waals surface area contributed by atoms with Crippen molar-refractivity contribution in [2.45, 2.75) is 19.9 Å². The fourth-order valence-corrected chi connectivity index (χ4v) is 6.16. The van der Waals surface area contributed by atoms with Gasteiger partial charge in [-0.2, -0.15) is 0 Å². The molecule has 2 aromatic heterocycles. The number of hydrogen-bond acceptors (Lipinski definition) is 8. The van der Waals surface area contributed by atoms with E-state index in [-0.39, 0.29) is 24.1 Å². The maximum Gasteiger partial charge on any atom is 0.267 e. The van der Waals surface area contributed by atoms with Gasteiger partial charge in [-0.15, -0.1) is 0 Å². The molecule has 1 atom stereocenters. The third-order valence-corrected chi connectivity index (χ3v) is 8.17. The van der Waals surface area contributed by atoms with Crippen LogP contribution in [0, 0.1) is 6.92 Å². The molecule has 1 N–H and O–H groups in total. The molecular formula is C27H29N5O3S2. The summed E-state index contributed by atoms with van der Waals surface area (Å²) in [7, 11) is 0. The first-order chi connectivity index (χ1) is 17.9. The highest BCUT2D eigenvalue weighted by atomic mass is 32.2. The lowest BCUT2D eigenvalue weighted by Gasteiger charge is -2.35. The number of pyridine rings is 1. The van der Waals surface area contributed by atoms with Gasteiger partial charge in [0.2, 0.25) is 0 Å². The van der Waals surface area contributed by atoms with E-state index in [1.807, 2.05) is 56.3 Å². The smallest absolute Gasteiger partial charge is 0.267 e. The van der Waals surface area contributed by atoms with Crippen LogP contribution >= 0.6 is 24.0 Å². The van der Waals surface area contributed by atoms with E-state index in [0.29, 0.717) is 45.9 Å². The highest BCUT2D eigenvalue weighted by Gasteiger charge is 2.36. The van der Waals surface area contributed by atoms with E-state index in [1.165, 1.54) is 11.8 Å². The van der Waals surface area contributed by atoms with Gasteiger partial charge in [-0.1, -0.05) is 60.4 Å². The molecule has 8 nitrogen and oxygen atoms in total. The molecule has 2 saturated heterocycles. The van der Waals surface area contributed by atoms with Crippen LogP contribution in [-0.4, -0.2) is 73.8 Å². The average Bonchev–Trinajstić information content (AvgIpc) is 3.19. The number of aromatic nitrogens is 2. The summed E-state index contributed by atoms with van der Waals surface area (Å²) in [6, 6.07) is 13.3.